The van der Waals surface area contributed by atoms with Crippen molar-refractivity contribution >= 4 is 29.1 Å². The van der Waals surface area contributed by atoms with E-state index in [1.54, 1.807) is 32.9 Å². The van der Waals surface area contributed by atoms with Crippen molar-refractivity contribution < 1.29 is 23.9 Å². The van der Waals surface area contributed by atoms with Crippen LogP contribution in [0.3, 0.4) is 0 Å². The molecular formula is C31H38N2O5. The Hall–Kier alpha value is -4.13. The predicted molar refractivity (Wildman–Crippen MR) is 153 cm³/mol. The van der Waals surface area contributed by atoms with Crippen molar-refractivity contribution in [3.63, 3.8) is 0 Å². The quantitative estimate of drug-likeness (QED) is 0.181. The maximum atomic E-state index is 12.2. The monoisotopic (exact) mass is 518 g/mol. The molecule has 0 aliphatic heterocycles. The van der Waals surface area contributed by atoms with E-state index in [2.05, 4.69) is 44.2 Å². The average Bonchev–Trinajstić information content (AvgIpc) is 2.85. The maximum absolute atomic E-state index is 12.2. The number of hydrogen-bond acceptors (Lipinski definition) is 7. The van der Waals surface area contributed by atoms with Crippen LogP contribution in [0.4, 0.5) is 11.4 Å². The summed E-state index contributed by atoms with van der Waals surface area (Å²) in [6, 6.07) is 11.2. The Morgan fingerprint density at radius 2 is 1.21 bits per heavy atom. The van der Waals surface area contributed by atoms with E-state index in [9.17, 15) is 14.4 Å². The van der Waals surface area contributed by atoms with Gasteiger partial charge in [0.15, 0.2) is 17.3 Å². The van der Waals surface area contributed by atoms with E-state index in [1.807, 2.05) is 31.2 Å². The first-order chi connectivity index (χ1) is 17.8. The molecule has 0 aliphatic rings. The molecule has 202 valence electrons. The van der Waals surface area contributed by atoms with Crippen molar-refractivity contribution in [2.75, 3.05) is 23.7 Å². The molecular weight excluding hydrogens is 480 g/mol. The summed E-state index contributed by atoms with van der Waals surface area (Å²) in [6.07, 6.45) is 0.257. The molecule has 2 aromatic rings. The molecule has 0 amide bonds. The zero-order valence-electron chi connectivity index (χ0n) is 23.2. The van der Waals surface area contributed by atoms with E-state index in [1.165, 1.54) is 0 Å². The Morgan fingerprint density at radius 3 is 1.61 bits per heavy atom. The first-order valence-corrected chi connectivity index (χ1v) is 12.5. The largest absolute Gasteiger partial charge is 0.421 e. The van der Waals surface area contributed by atoms with Crippen LogP contribution in [0.25, 0.3) is 0 Å². The number of esters is 2. The highest BCUT2D eigenvalue weighted by Crippen LogP contribution is 2.39. The predicted octanol–water partition coefficient (Wildman–Crippen LogP) is 6.35. The lowest BCUT2D eigenvalue weighted by molar-refractivity contribution is -0.130. The molecule has 0 fully saturated rings. The van der Waals surface area contributed by atoms with Gasteiger partial charge in [-0.1, -0.05) is 45.7 Å². The number of anilines is 2. The summed E-state index contributed by atoms with van der Waals surface area (Å²) in [5, 5.41) is 6.49. The summed E-state index contributed by atoms with van der Waals surface area (Å²) in [5.41, 5.74) is 3.78. The standard InChI is InChI=1S/C31H38N2O5/c1-10-32-24-17-22(11-13-27(24)37-29(35)20(4)5)31(8,9)23-12-14-28(38-30(36)21(6)7)25(18-23)33-16-15-26(34)19(2)3/h11-14,17-18,32-33H,2,4,6,10,15-16H2,1,3,5,7-9H3. The third kappa shape index (κ3) is 7.68. The zero-order chi connectivity index (χ0) is 28.6. The molecule has 7 heteroatoms. The summed E-state index contributed by atoms with van der Waals surface area (Å²) in [4.78, 5) is 36.4. The van der Waals surface area contributed by atoms with E-state index in [0.717, 1.165) is 11.1 Å². The van der Waals surface area contributed by atoms with Crippen LogP contribution >= 0.6 is 0 Å². The van der Waals surface area contributed by atoms with E-state index in [4.69, 9.17) is 9.47 Å². The molecule has 0 saturated carbocycles. The van der Waals surface area contributed by atoms with Gasteiger partial charge in [0, 0.05) is 36.1 Å². The molecule has 2 aromatic carbocycles. The minimum Gasteiger partial charge on any atom is -0.421 e. The molecule has 0 unspecified atom stereocenters. The smallest absolute Gasteiger partial charge is 0.338 e. The van der Waals surface area contributed by atoms with E-state index < -0.39 is 17.4 Å². The van der Waals surface area contributed by atoms with Crippen LogP contribution in [0.15, 0.2) is 72.9 Å². The Balaban J connectivity index is 2.47. The van der Waals surface area contributed by atoms with Gasteiger partial charge >= 0.3 is 11.9 Å². The van der Waals surface area contributed by atoms with Gasteiger partial charge in [0.1, 0.15) is 0 Å². The zero-order valence-corrected chi connectivity index (χ0v) is 23.2. The summed E-state index contributed by atoms with van der Waals surface area (Å²) in [5.74, 6) is -0.301. The van der Waals surface area contributed by atoms with Gasteiger partial charge in [-0.3, -0.25) is 4.79 Å². The topological polar surface area (TPSA) is 93.7 Å². The molecule has 2 rings (SSSR count). The van der Waals surface area contributed by atoms with Crippen LogP contribution in [0.2, 0.25) is 0 Å². The number of carbonyl (C=O) groups excluding carboxylic acids is 3. The Kier molecular flexibility index (Phi) is 10.2. The van der Waals surface area contributed by atoms with Gasteiger partial charge in [-0.2, -0.15) is 0 Å². The second kappa shape index (κ2) is 12.9. The van der Waals surface area contributed by atoms with Gasteiger partial charge in [-0.15, -0.1) is 0 Å². The van der Waals surface area contributed by atoms with Gasteiger partial charge in [0.25, 0.3) is 0 Å². The molecule has 0 radical (unpaired) electrons. The molecule has 38 heavy (non-hydrogen) atoms. The fraction of sp³-hybridized carbons (Fsp3) is 0.323. The summed E-state index contributed by atoms with van der Waals surface area (Å²) in [6.45, 7) is 22.9. The molecule has 0 heterocycles. The minimum absolute atomic E-state index is 0.0437. The highest BCUT2D eigenvalue weighted by atomic mass is 16.5. The fourth-order valence-electron chi connectivity index (χ4n) is 3.55. The third-order valence-corrected chi connectivity index (χ3v) is 6.02. The Labute approximate surface area is 225 Å². The lowest BCUT2D eigenvalue weighted by Gasteiger charge is -2.28. The van der Waals surface area contributed by atoms with E-state index in [-0.39, 0.29) is 17.8 Å². The first-order valence-electron chi connectivity index (χ1n) is 12.5. The Bertz CT molecular complexity index is 1270. The lowest BCUT2D eigenvalue weighted by atomic mass is 9.77. The van der Waals surface area contributed by atoms with Crippen LogP contribution in [0.1, 0.15) is 59.1 Å². The van der Waals surface area contributed by atoms with Crippen molar-refractivity contribution in [1.29, 1.82) is 0 Å². The second-order valence-corrected chi connectivity index (χ2v) is 9.80. The van der Waals surface area contributed by atoms with Crippen molar-refractivity contribution in [2.24, 2.45) is 0 Å². The van der Waals surface area contributed by atoms with Crippen molar-refractivity contribution in [3.05, 3.63) is 84.0 Å². The third-order valence-electron chi connectivity index (χ3n) is 6.02. The van der Waals surface area contributed by atoms with Gasteiger partial charge in [-0.25, -0.2) is 9.59 Å². The number of Topliss-reactive ketones (excluding diaryl/α,β-unsaturated/α-hetero) is 1. The van der Waals surface area contributed by atoms with E-state index in [0.29, 0.717) is 47.1 Å². The van der Waals surface area contributed by atoms with Crippen molar-refractivity contribution in [1.82, 2.24) is 0 Å². The molecule has 0 aliphatic carbocycles. The lowest BCUT2D eigenvalue weighted by Crippen LogP contribution is -2.21. The first kappa shape index (κ1) is 30.1. The number of benzene rings is 2. The fourth-order valence-corrected chi connectivity index (χ4v) is 3.55. The van der Waals surface area contributed by atoms with Crippen LogP contribution in [-0.2, 0) is 19.8 Å². The molecule has 0 atom stereocenters. The maximum Gasteiger partial charge on any atom is 0.338 e. The van der Waals surface area contributed by atoms with Crippen LogP contribution in [0.5, 0.6) is 11.5 Å². The van der Waals surface area contributed by atoms with Gasteiger partial charge in [0.2, 0.25) is 0 Å². The van der Waals surface area contributed by atoms with E-state index >= 15 is 0 Å². The number of nitrogens with one attached hydrogen (secondary N) is 2. The van der Waals surface area contributed by atoms with Gasteiger partial charge < -0.3 is 20.1 Å². The summed E-state index contributed by atoms with van der Waals surface area (Å²) in [7, 11) is 0. The highest BCUT2D eigenvalue weighted by molar-refractivity contribution is 5.94. The van der Waals surface area contributed by atoms with Crippen molar-refractivity contribution in [2.45, 2.75) is 53.4 Å². The SMILES string of the molecule is C=C(C)C(=O)CCNc1cc(C(C)(C)c2ccc(OC(=O)C(=C)C)c(NCC)c2)ccc1OC(=O)C(=C)C. The van der Waals surface area contributed by atoms with Crippen LogP contribution in [0, 0.1) is 0 Å². The average molecular weight is 519 g/mol. The molecule has 0 bridgehead atoms. The van der Waals surface area contributed by atoms with Gasteiger partial charge in [-0.05, 0) is 68.7 Å². The number of allylic oxidation sites excluding steroid dienone is 1. The molecule has 7 nitrogen and oxygen atoms in total. The Morgan fingerprint density at radius 1 is 0.763 bits per heavy atom. The number of ether oxygens (including phenoxy) is 2. The normalized spacial score (nSPS) is 10.8. The number of ketones is 1. The van der Waals surface area contributed by atoms with Gasteiger partial charge in [0.05, 0.1) is 11.4 Å². The number of hydrogen-bond donors (Lipinski definition) is 2. The summed E-state index contributed by atoms with van der Waals surface area (Å²) < 4.78 is 11.0. The molecule has 2 N–H and O–H groups in total. The molecule has 0 saturated heterocycles. The van der Waals surface area contributed by atoms with Crippen molar-refractivity contribution in [3.8, 4) is 11.5 Å². The number of rotatable bonds is 13. The highest BCUT2D eigenvalue weighted by Gasteiger charge is 2.26. The summed E-state index contributed by atoms with van der Waals surface area (Å²) >= 11 is 0. The minimum atomic E-state index is -0.534. The van der Waals surface area contributed by atoms with Crippen LogP contribution < -0.4 is 20.1 Å². The number of carbonyl (C=O) groups is 3. The van der Waals surface area contributed by atoms with Crippen LogP contribution in [-0.4, -0.2) is 30.8 Å². The second-order valence-electron chi connectivity index (χ2n) is 9.80. The molecule has 0 aromatic heterocycles. The molecule has 0 spiro atoms.